The maximum absolute atomic E-state index is 12.7. The minimum absolute atomic E-state index is 0.0252. The molecule has 0 saturated carbocycles. The fraction of sp³-hybridized carbons (Fsp3) is 0.174. The summed E-state index contributed by atoms with van der Waals surface area (Å²) in [7, 11) is -2.04. The zero-order valence-corrected chi connectivity index (χ0v) is 18.1. The summed E-state index contributed by atoms with van der Waals surface area (Å²) in [5.41, 5.74) is 3.77. The number of para-hydroxylation sites is 1. The lowest BCUT2D eigenvalue weighted by Crippen LogP contribution is -2.21. The molecular formula is C23H23N3O4S. The van der Waals surface area contributed by atoms with Crippen LogP contribution in [0.4, 0.5) is 5.69 Å². The van der Waals surface area contributed by atoms with Gasteiger partial charge in [-0.2, -0.15) is 0 Å². The number of imidazole rings is 1. The molecular weight excluding hydrogens is 414 g/mol. The van der Waals surface area contributed by atoms with Crippen LogP contribution in [0.3, 0.4) is 0 Å². The molecule has 2 heterocycles. The van der Waals surface area contributed by atoms with E-state index in [1.54, 1.807) is 43.5 Å². The summed E-state index contributed by atoms with van der Waals surface area (Å²) in [4.78, 5) is 4.68. The van der Waals surface area contributed by atoms with Crippen molar-refractivity contribution in [2.24, 2.45) is 0 Å². The molecule has 1 N–H and O–H groups in total. The summed E-state index contributed by atoms with van der Waals surface area (Å²) in [5.74, 6) is 1.11. The molecule has 4 aromatic rings. The second kappa shape index (κ2) is 8.69. The maximum atomic E-state index is 12.7. The fourth-order valence-corrected chi connectivity index (χ4v) is 4.16. The molecule has 0 aliphatic carbocycles. The molecule has 160 valence electrons. The Morgan fingerprint density at radius 2 is 1.74 bits per heavy atom. The van der Waals surface area contributed by atoms with E-state index < -0.39 is 10.0 Å². The Bertz CT molecular complexity index is 1300. The third-order valence-corrected chi connectivity index (χ3v) is 6.06. The van der Waals surface area contributed by atoms with Gasteiger partial charge in [0.2, 0.25) is 10.0 Å². The van der Waals surface area contributed by atoms with E-state index in [-0.39, 0.29) is 12.4 Å². The van der Waals surface area contributed by atoms with Crippen molar-refractivity contribution in [2.75, 3.05) is 24.2 Å². The molecule has 2 aromatic heterocycles. The van der Waals surface area contributed by atoms with Crippen molar-refractivity contribution >= 4 is 21.4 Å². The highest BCUT2D eigenvalue weighted by atomic mass is 32.2. The predicted molar refractivity (Wildman–Crippen MR) is 121 cm³/mol. The van der Waals surface area contributed by atoms with Gasteiger partial charge in [0, 0.05) is 18.0 Å². The Morgan fingerprint density at radius 3 is 2.48 bits per heavy atom. The van der Waals surface area contributed by atoms with Crippen molar-refractivity contribution in [3.8, 4) is 22.8 Å². The number of nitrogens with zero attached hydrogens (tertiary/aromatic N) is 2. The zero-order chi connectivity index (χ0) is 21.8. The average molecular weight is 438 g/mol. The Hall–Kier alpha value is -3.52. The predicted octanol–water partition coefficient (Wildman–Crippen LogP) is 4.14. The first-order valence-corrected chi connectivity index (χ1v) is 11.4. The fourth-order valence-electron chi connectivity index (χ4n) is 3.24. The molecule has 0 spiro atoms. The van der Waals surface area contributed by atoms with E-state index >= 15 is 0 Å². The van der Waals surface area contributed by atoms with Crippen molar-refractivity contribution in [3.63, 3.8) is 0 Å². The van der Waals surface area contributed by atoms with Crippen LogP contribution >= 0.6 is 0 Å². The molecule has 4 rings (SSSR count). The van der Waals surface area contributed by atoms with Crippen molar-refractivity contribution < 1.29 is 17.9 Å². The standard InChI is InChI=1S/C23H23N3O4S/c1-17-6-5-13-26-16-22(24-23(17)26)20-7-3-4-8-21(20)25-31(27,28)15-14-30-19-11-9-18(29-2)10-12-19/h3-13,16,25H,14-15H2,1-2H3. The first-order valence-electron chi connectivity index (χ1n) is 9.76. The van der Waals surface area contributed by atoms with Gasteiger partial charge in [0.15, 0.2) is 0 Å². The van der Waals surface area contributed by atoms with Crippen molar-refractivity contribution in [3.05, 3.63) is 78.6 Å². The molecule has 0 atom stereocenters. The number of aryl methyl sites for hydroxylation is 1. The van der Waals surface area contributed by atoms with E-state index in [0.717, 1.165) is 11.2 Å². The van der Waals surface area contributed by atoms with E-state index in [1.165, 1.54) is 0 Å². The van der Waals surface area contributed by atoms with Gasteiger partial charge in [-0.3, -0.25) is 4.72 Å². The summed E-state index contributed by atoms with van der Waals surface area (Å²) < 4.78 is 40.6. The number of sulfonamides is 1. The van der Waals surface area contributed by atoms with Crippen LogP contribution < -0.4 is 14.2 Å². The SMILES string of the molecule is COc1ccc(OCCS(=O)(=O)Nc2ccccc2-c2cn3cccc(C)c3n2)cc1. The quantitative estimate of drug-likeness (QED) is 0.448. The van der Waals surface area contributed by atoms with Gasteiger partial charge in [-0.1, -0.05) is 24.3 Å². The largest absolute Gasteiger partial charge is 0.497 e. The number of aromatic nitrogens is 2. The molecule has 2 aromatic carbocycles. The topological polar surface area (TPSA) is 81.9 Å². The van der Waals surface area contributed by atoms with Crippen LogP contribution in [0.15, 0.2) is 73.1 Å². The number of hydrogen-bond donors (Lipinski definition) is 1. The molecule has 31 heavy (non-hydrogen) atoms. The highest BCUT2D eigenvalue weighted by molar-refractivity contribution is 7.92. The first kappa shape index (κ1) is 20.7. The summed E-state index contributed by atoms with van der Waals surface area (Å²) in [5, 5.41) is 0. The molecule has 0 aliphatic rings. The lowest BCUT2D eigenvalue weighted by Gasteiger charge is -2.12. The van der Waals surface area contributed by atoms with Gasteiger partial charge in [0.1, 0.15) is 29.5 Å². The number of benzene rings is 2. The summed E-state index contributed by atoms with van der Waals surface area (Å²) >= 11 is 0. The Labute approximate surface area is 181 Å². The van der Waals surface area contributed by atoms with E-state index in [4.69, 9.17) is 9.47 Å². The molecule has 0 unspecified atom stereocenters. The number of rotatable bonds is 8. The van der Waals surface area contributed by atoms with E-state index in [9.17, 15) is 8.42 Å². The molecule has 8 heteroatoms. The lowest BCUT2D eigenvalue weighted by molar-refractivity contribution is 0.340. The highest BCUT2D eigenvalue weighted by Gasteiger charge is 2.16. The van der Waals surface area contributed by atoms with Crippen LogP contribution in [0, 0.1) is 6.92 Å². The van der Waals surface area contributed by atoms with Crippen LogP contribution in [0.25, 0.3) is 16.9 Å². The highest BCUT2D eigenvalue weighted by Crippen LogP contribution is 2.28. The number of ether oxygens (including phenoxy) is 2. The number of hydrogen-bond acceptors (Lipinski definition) is 5. The molecule has 0 radical (unpaired) electrons. The van der Waals surface area contributed by atoms with E-state index in [2.05, 4.69) is 9.71 Å². The number of pyridine rings is 1. The smallest absolute Gasteiger partial charge is 0.236 e. The first-order chi connectivity index (χ1) is 14.9. The van der Waals surface area contributed by atoms with Gasteiger partial charge in [-0.05, 0) is 48.9 Å². The van der Waals surface area contributed by atoms with Crippen molar-refractivity contribution in [1.29, 1.82) is 0 Å². The van der Waals surface area contributed by atoms with Crippen LogP contribution in [0.1, 0.15) is 5.56 Å². The van der Waals surface area contributed by atoms with E-state index in [0.29, 0.717) is 28.4 Å². The number of nitrogens with one attached hydrogen (secondary N) is 1. The van der Waals surface area contributed by atoms with Crippen LogP contribution in [0.2, 0.25) is 0 Å². The van der Waals surface area contributed by atoms with Gasteiger partial charge in [0.05, 0.1) is 18.5 Å². The molecule has 7 nitrogen and oxygen atoms in total. The number of fused-ring (bicyclic) bond motifs is 1. The third kappa shape index (κ3) is 4.80. The summed E-state index contributed by atoms with van der Waals surface area (Å²) in [6.45, 7) is 2.01. The normalized spacial score (nSPS) is 11.4. The van der Waals surface area contributed by atoms with Gasteiger partial charge >= 0.3 is 0 Å². The number of methoxy groups -OCH3 is 1. The van der Waals surface area contributed by atoms with Crippen molar-refractivity contribution in [1.82, 2.24) is 9.38 Å². The minimum Gasteiger partial charge on any atom is -0.497 e. The lowest BCUT2D eigenvalue weighted by atomic mass is 10.1. The van der Waals surface area contributed by atoms with Crippen molar-refractivity contribution in [2.45, 2.75) is 6.92 Å². The molecule has 0 fully saturated rings. The number of anilines is 1. The van der Waals surface area contributed by atoms with E-state index in [1.807, 2.05) is 48.0 Å². The molecule has 0 amide bonds. The maximum Gasteiger partial charge on any atom is 0.236 e. The Morgan fingerprint density at radius 1 is 1.00 bits per heavy atom. The van der Waals surface area contributed by atoms with Crippen LogP contribution in [-0.4, -0.2) is 37.3 Å². The zero-order valence-electron chi connectivity index (χ0n) is 17.3. The molecule has 0 bridgehead atoms. The van der Waals surface area contributed by atoms with Gasteiger partial charge in [-0.15, -0.1) is 0 Å². The van der Waals surface area contributed by atoms with Gasteiger partial charge in [0.25, 0.3) is 0 Å². The third-order valence-electron chi connectivity index (χ3n) is 4.83. The molecule has 0 aliphatic heterocycles. The minimum atomic E-state index is -3.62. The summed E-state index contributed by atoms with van der Waals surface area (Å²) in [6, 6.07) is 18.2. The Kier molecular flexibility index (Phi) is 5.81. The second-order valence-corrected chi connectivity index (χ2v) is 8.88. The average Bonchev–Trinajstić information content (AvgIpc) is 3.20. The Balaban J connectivity index is 1.48. The van der Waals surface area contributed by atoms with Crippen LogP contribution in [0.5, 0.6) is 11.5 Å². The summed E-state index contributed by atoms with van der Waals surface area (Å²) in [6.07, 6.45) is 3.81. The second-order valence-electron chi connectivity index (χ2n) is 7.04. The molecule has 0 saturated heterocycles. The monoisotopic (exact) mass is 437 g/mol. The van der Waals surface area contributed by atoms with Gasteiger partial charge in [-0.25, -0.2) is 13.4 Å². The van der Waals surface area contributed by atoms with Crippen LogP contribution in [-0.2, 0) is 10.0 Å². The van der Waals surface area contributed by atoms with Gasteiger partial charge < -0.3 is 13.9 Å².